The van der Waals surface area contributed by atoms with Crippen LogP contribution in [0.1, 0.15) is 47.8 Å². The van der Waals surface area contributed by atoms with Crippen molar-refractivity contribution in [1.29, 1.82) is 0 Å². The SMILES string of the molecule is Cc1ccc(C(C)(C)C)cc1S(=O)(=O)Nc1cccc(C(=O)Nc2ncccc2C)c1. The van der Waals surface area contributed by atoms with Gasteiger partial charge in [-0.15, -0.1) is 0 Å². The highest BCUT2D eigenvalue weighted by Gasteiger charge is 2.22. The van der Waals surface area contributed by atoms with E-state index in [-0.39, 0.29) is 16.2 Å². The van der Waals surface area contributed by atoms with Crippen LogP contribution in [0.5, 0.6) is 0 Å². The van der Waals surface area contributed by atoms with E-state index in [1.165, 1.54) is 6.07 Å². The number of anilines is 2. The molecule has 0 saturated heterocycles. The third kappa shape index (κ3) is 5.30. The van der Waals surface area contributed by atoms with Crippen molar-refractivity contribution in [2.75, 3.05) is 10.0 Å². The predicted molar refractivity (Wildman–Crippen MR) is 124 cm³/mol. The van der Waals surface area contributed by atoms with Gasteiger partial charge in [-0.3, -0.25) is 9.52 Å². The van der Waals surface area contributed by atoms with E-state index in [9.17, 15) is 13.2 Å². The van der Waals surface area contributed by atoms with Crippen molar-refractivity contribution in [2.45, 2.75) is 44.9 Å². The molecule has 31 heavy (non-hydrogen) atoms. The first-order valence-electron chi connectivity index (χ1n) is 9.94. The van der Waals surface area contributed by atoms with Crippen LogP contribution in [0.2, 0.25) is 0 Å². The Balaban J connectivity index is 1.87. The zero-order chi connectivity index (χ0) is 22.8. The van der Waals surface area contributed by atoms with E-state index in [1.807, 2.05) is 45.9 Å². The minimum atomic E-state index is -3.83. The number of benzene rings is 2. The van der Waals surface area contributed by atoms with Crippen LogP contribution in [0, 0.1) is 13.8 Å². The third-order valence-electron chi connectivity index (χ3n) is 4.96. The van der Waals surface area contributed by atoms with E-state index in [4.69, 9.17) is 0 Å². The standard InChI is InChI=1S/C24H27N3O3S/c1-16-11-12-19(24(3,4)5)15-21(16)31(29,30)27-20-10-6-9-18(14-20)23(28)26-22-17(2)8-7-13-25-22/h6-15,27H,1-5H3,(H,25,26,28). The fraction of sp³-hybridized carbons (Fsp3) is 0.250. The predicted octanol–water partition coefficient (Wildman–Crippen LogP) is 5.05. The highest BCUT2D eigenvalue weighted by molar-refractivity contribution is 7.92. The molecule has 0 bridgehead atoms. The van der Waals surface area contributed by atoms with Gasteiger partial charge in [-0.1, -0.05) is 45.0 Å². The van der Waals surface area contributed by atoms with Gasteiger partial charge in [0, 0.05) is 17.4 Å². The van der Waals surface area contributed by atoms with Gasteiger partial charge in [0.15, 0.2) is 0 Å². The van der Waals surface area contributed by atoms with Crippen LogP contribution in [0.4, 0.5) is 11.5 Å². The van der Waals surface area contributed by atoms with Crippen molar-refractivity contribution < 1.29 is 13.2 Å². The topological polar surface area (TPSA) is 88.2 Å². The minimum Gasteiger partial charge on any atom is -0.306 e. The van der Waals surface area contributed by atoms with E-state index in [1.54, 1.807) is 43.5 Å². The number of pyridine rings is 1. The molecule has 3 rings (SSSR count). The number of aryl methyl sites for hydroxylation is 2. The van der Waals surface area contributed by atoms with Crippen LogP contribution in [-0.4, -0.2) is 19.3 Å². The van der Waals surface area contributed by atoms with Gasteiger partial charge < -0.3 is 5.32 Å². The molecule has 0 aliphatic carbocycles. The molecular weight excluding hydrogens is 410 g/mol. The molecule has 0 aliphatic rings. The van der Waals surface area contributed by atoms with Crippen LogP contribution in [0.15, 0.2) is 65.7 Å². The third-order valence-corrected chi connectivity index (χ3v) is 6.49. The molecule has 0 aliphatic heterocycles. The molecule has 3 aromatic rings. The second-order valence-electron chi connectivity index (χ2n) is 8.54. The Kier molecular flexibility index (Phi) is 6.18. The van der Waals surface area contributed by atoms with Crippen molar-refractivity contribution in [3.63, 3.8) is 0 Å². The summed E-state index contributed by atoms with van der Waals surface area (Å²) in [6.45, 7) is 9.72. The maximum absolute atomic E-state index is 13.1. The first-order chi connectivity index (χ1) is 14.5. The van der Waals surface area contributed by atoms with E-state index < -0.39 is 10.0 Å². The molecule has 0 saturated carbocycles. The first kappa shape index (κ1) is 22.5. The van der Waals surface area contributed by atoms with E-state index >= 15 is 0 Å². The molecule has 0 unspecified atom stereocenters. The normalized spacial score (nSPS) is 11.8. The van der Waals surface area contributed by atoms with Gasteiger partial charge >= 0.3 is 0 Å². The Labute approximate surface area is 183 Å². The molecule has 1 amide bonds. The van der Waals surface area contributed by atoms with Crippen LogP contribution >= 0.6 is 0 Å². The molecule has 0 fully saturated rings. The first-order valence-corrected chi connectivity index (χ1v) is 11.4. The average molecular weight is 438 g/mol. The number of carbonyl (C=O) groups is 1. The second kappa shape index (κ2) is 8.51. The summed E-state index contributed by atoms with van der Waals surface area (Å²) in [7, 11) is -3.83. The average Bonchev–Trinajstić information content (AvgIpc) is 2.69. The summed E-state index contributed by atoms with van der Waals surface area (Å²) in [5, 5.41) is 2.75. The molecule has 0 atom stereocenters. The monoisotopic (exact) mass is 437 g/mol. The van der Waals surface area contributed by atoms with Gasteiger partial charge in [0.05, 0.1) is 4.90 Å². The van der Waals surface area contributed by atoms with E-state index in [0.717, 1.165) is 11.1 Å². The lowest BCUT2D eigenvalue weighted by Gasteiger charge is -2.21. The summed E-state index contributed by atoms with van der Waals surface area (Å²) >= 11 is 0. The number of rotatable bonds is 5. The Morgan fingerprint density at radius 3 is 2.35 bits per heavy atom. The second-order valence-corrected chi connectivity index (χ2v) is 10.2. The number of carbonyl (C=O) groups excluding carboxylic acids is 1. The number of nitrogens with one attached hydrogen (secondary N) is 2. The number of hydrogen-bond donors (Lipinski definition) is 2. The quantitative estimate of drug-likeness (QED) is 0.585. The highest BCUT2D eigenvalue weighted by Crippen LogP contribution is 2.28. The Morgan fingerprint density at radius 2 is 1.68 bits per heavy atom. The summed E-state index contributed by atoms with van der Waals surface area (Å²) in [6, 6.07) is 15.5. The van der Waals surface area contributed by atoms with Gasteiger partial charge in [0.25, 0.3) is 15.9 Å². The summed E-state index contributed by atoms with van der Waals surface area (Å²) in [5.41, 5.74) is 2.87. The van der Waals surface area contributed by atoms with Crippen molar-refractivity contribution in [3.05, 3.63) is 83.0 Å². The van der Waals surface area contributed by atoms with Crippen LogP contribution in [0.25, 0.3) is 0 Å². The van der Waals surface area contributed by atoms with E-state index in [2.05, 4.69) is 15.0 Å². The van der Waals surface area contributed by atoms with Crippen LogP contribution in [-0.2, 0) is 15.4 Å². The minimum absolute atomic E-state index is 0.181. The van der Waals surface area contributed by atoms with Crippen LogP contribution in [0.3, 0.4) is 0 Å². The summed E-state index contributed by atoms with van der Waals surface area (Å²) in [6.07, 6.45) is 1.60. The van der Waals surface area contributed by atoms with Crippen LogP contribution < -0.4 is 10.0 Å². The van der Waals surface area contributed by atoms with Gasteiger partial charge in [0.2, 0.25) is 0 Å². The van der Waals surface area contributed by atoms with Crippen molar-refractivity contribution >= 4 is 27.4 Å². The summed E-state index contributed by atoms with van der Waals surface area (Å²) < 4.78 is 28.8. The maximum atomic E-state index is 13.1. The number of sulfonamides is 1. The van der Waals surface area contributed by atoms with Gasteiger partial charge in [-0.25, -0.2) is 13.4 Å². The largest absolute Gasteiger partial charge is 0.306 e. The van der Waals surface area contributed by atoms with Gasteiger partial charge in [0.1, 0.15) is 5.82 Å². The maximum Gasteiger partial charge on any atom is 0.262 e. The molecule has 2 N–H and O–H groups in total. The number of amides is 1. The van der Waals surface area contributed by atoms with Gasteiger partial charge in [-0.2, -0.15) is 0 Å². The molecule has 6 nitrogen and oxygen atoms in total. The van der Waals surface area contributed by atoms with E-state index in [0.29, 0.717) is 22.6 Å². The Bertz CT molecular complexity index is 1230. The smallest absolute Gasteiger partial charge is 0.262 e. The van der Waals surface area contributed by atoms with Gasteiger partial charge in [-0.05, 0) is 66.3 Å². The molecule has 162 valence electrons. The molecule has 0 radical (unpaired) electrons. The zero-order valence-corrected chi connectivity index (χ0v) is 19.2. The molecule has 1 aromatic heterocycles. The summed E-state index contributed by atoms with van der Waals surface area (Å²) in [4.78, 5) is 17.0. The van der Waals surface area contributed by atoms with Crippen molar-refractivity contribution in [1.82, 2.24) is 4.98 Å². The molecule has 2 aromatic carbocycles. The fourth-order valence-corrected chi connectivity index (χ4v) is 4.41. The Morgan fingerprint density at radius 1 is 0.935 bits per heavy atom. The van der Waals surface area contributed by atoms with Crippen molar-refractivity contribution in [3.8, 4) is 0 Å². The zero-order valence-electron chi connectivity index (χ0n) is 18.4. The number of hydrogen-bond acceptors (Lipinski definition) is 4. The highest BCUT2D eigenvalue weighted by atomic mass is 32.2. The lowest BCUT2D eigenvalue weighted by molar-refractivity contribution is 0.102. The lowest BCUT2D eigenvalue weighted by atomic mass is 9.87. The number of aromatic nitrogens is 1. The lowest BCUT2D eigenvalue weighted by Crippen LogP contribution is -2.18. The molecule has 7 heteroatoms. The van der Waals surface area contributed by atoms with Crippen molar-refractivity contribution in [2.24, 2.45) is 0 Å². The molecule has 1 heterocycles. The molecular formula is C24H27N3O3S. The Hall–Kier alpha value is -3.19. The molecule has 0 spiro atoms. The summed E-state index contributed by atoms with van der Waals surface area (Å²) in [5.74, 6) is 0.0989. The fourth-order valence-electron chi connectivity index (χ4n) is 3.09. The number of nitrogens with zero attached hydrogens (tertiary/aromatic N) is 1.